The Bertz CT molecular complexity index is 405. The molecule has 1 unspecified atom stereocenters. The molecule has 1 aromatic rings. The topological polar surface area (TPSA) is 47.6 Å². The van der Waals surface area contributed by atoms with Gasteiger partial charge in [0.25, 0.3) is 0 Å². The van der Waals surface area contributed by atoms with E-state index in [0.29, 0.717) is 6.61 Å². The highest BCUT2D eigenvalue weighted by atomic mass is 16.6. The molecule has 0 aromatic heterocycles. The Labute approximate surface area is 94.6 Å². The summed E-state index contributed by atoms with van der Waals surface area (Å²) in [6.07, 6.45) is -0.351. The van der Waals surface area contributed by atoms with Crippen LogP contribution >= 0.6 is 0 Å². The highest BCUT2D eigenvalue weighted by Gasteiger charge is 2.24. The number of carbonyl (C=O) groups is 1. The Balaban J connectivity index is 2.33. The molecule has 0 spiro atoms. The van der Waals surface area contributed by atoms with Crippen LogP contribution in [-0.4, -0.2) is 19.8 Å². The Morgan fingerprint density at radius 2 is 2.00 bits per heavy atom. The van der Waals surface area contributed by atoms with Crippen molar-refractivity contribution >= 4 is 6.09 Å². The Hall–Kier alpha value is -1.71. The van der Waals surface area contributed by atoms with E-state index in [9.17, 15) is 4.79 Å². The predicted molar refractivity (Wildman–Crippen MR) is 59.7 cm³/mol. The van der Waals surface area contributed by atoms with E-state index in [1.165, 1.54) is 0 Å². The minimum absolute atomic E-state index is 0.0455. The van der Waals surface area contributed by atoms with Crippen molar-refractivity contribution in [2.24, 2.45) is 0 Å². The van der Waals surface area contributed by atoms with Crippen molar-refractivity contribution < 1.29 is 14.3 Å². The number of alkyl carbamates (subject to hydrolysis) is 1. The fourth-order valence-corrected chi connectivity index (χ4v) is 2.07. The number of hydrogen-bond acceptors (Lipinski definition) is 3. The minimum Gasteiger partial charge on any atom is -0.496 e. The molecule has 2 rings (SSSR count). The van der Waals surface area contributed by atoms with Crippen LogP contribution in [0.5, 0.6) is 5.75 Å². The van der Waals surface area contributed by atoms with Crippen molar-refractivity contribution in [1.29, 1.82) is 0 Å². The number of rotatable bonds is 2. The molecule has 0 radical (unpaired) electrons. The summed E-state index contributed by atoms with van der Waals surface area (Å²) in [5.41, 5.74) is 3.19. The molecule has 16 heavy (non-hydrogen) atoms. The van der Waals surface area contributed by atoms with Gasteiger partial charge in [0.2, 0.25) is 0 Å². The van der Waals surface area contributed by atoms with E-state index in [1.807, 2.05) is 26.0 Å². The molecule has 0 aliphatic carbocycles. The fraction of sp³-hybridized carbons (Fsp3) is 0.417. The van der Waals surface area contributed by atoms with E-state index in [0.717, 1.165) is 22.4 Å². The average molecular weight is 221 g/mol. The first-order valence-electron chi connectivity index (χ1n) is 5.20. The third-order valence-electron chi connectivity index (χ3n) is 2.76. The van der Waals surface area contributed by atoms with E-state index >= 15 is 0 Å². The zero-order valence-electron chi connectivity index (χ0n) is 9.66. The summed E-state index contributed by atoms with van der Waals surface area (Å²) < 4.78 is 10.2. The molecule has 1 amide bonds. The SMILES string of the molecule is COc1c(C)cc(C2COC(=O)N2)cc1C. The van der Waals surface area contributed by atoms with Gasteiger partial charge in [0.1, 0.15) is 12.4 Å². The van der Waals surface area contributed by atoms with Gasteiger partial charge in [-0.25, -0.2) is 4.79 Å². The predicted octanol–water partition coefficient (Wildman–Crippen LogP) is 2.09. The van der Waals surface area contributed by atoms with Gasteiger partial charge in [0.05, 0.1) is 13.2 Å². The zero-order chi connectivity index (χ0) is 11.7. The number of cyclic esters (lactones) is 1. The highest BCUT2D eigenvalue weighted by Crippen LogP contribution is 2.28. The van der Waals surface area contributed by atoms with Gasteiger partial charge < -0.3 is 14.8 Å². The second kappa shape index (κ2) is 4.04. The Kier molecular flexibility index (Phi) is 2.73. The summed E-state index contributed by atoms with van der Waals surface area (Å²) in [4.78, 5) is 11.0. The molecule has 1 aromatic carbocycles. The van der Waals surface area contributed by atoms with E-state index in [1.54, 1.807) is 7.11 Å². The molecule has 1 fully saturated rings. The van der Waals surface area contributed by atoms with E-state index < -0.39 is 0 Å². The summed E-state index contributed by atoms with van der Waals surface area (Å²) in [5.74, 6) is 0.897. The van der Waals surface area contributed by atoms with Crippen molar-refractivity contribution in [2.45, 2.75) is 19.9 Å². The lowest BCUT2D eigenvalue weighted by Crippen LogP contribution is -2.18. The average Bonchev–Trinajstić information content (AvgIpc) is 2.64. The molecule has 1 heterocycles. The second-order valence-electron chi connectivity index (χ2n) is 3.98. The highest BCUT2D eigenvalue weighted by molar-refractivity contribution is 5.70. The Morgan fingerprint density at radius 1 is 1.38 bits per heavy atom. The van der Waals surface area contributed by atoms with Crippen LogP contribution in [0.25, 0.3) is 0 Å². The third kappa shape index (κ3) is 1.83. The maximum Gasteiger partial charge on any atom is 0.407 e. The molecule has 1 aliphatic rings. The van der Waals surface area contributed by atoms with E-state index in [2.05, 4.69) is 5.32 Å². The maximum atomic E-state index is 11.0. The van der Waals surface area contributed by atoms with Crippen LogP contribution in [0.15, 0.2) is 12.1 Å². The molecular formula is C12H15NO3. The maximum absolute atomic E-state index is 11.0. The van der Waals surface area contributed by atoms with Gasteiger partial charge in [0.15, 0.2) is 0 Å². The molecule has 0 saturated carbocycles. The molecule has 1 atom stereocenters. The molecule has 4 heteroatoms. The van der Waals surface area contributed by atoms with Gasteiger partial charge in [-0.1, -0.05) is 12.1 Å². The normalized spacial score (nSPS) is 19.2. The first-order chi connectivity index (χ1) is 7.61. The van der Waals surface area contributed by atoms with Crippen molar-refractivity contribution in [3.63, 3.8) is 0 Å². The number of hydrogen-bond donors (Lipinski definition) is 1. The molecule has 1 N–H and O–H groups in total. The van der Waals surface area contributed by atoms with Crippen LogP contribution in [-0.2, 0) is 4.74 Å². The quantitative estimate of drug-likeness (QED) is 0.831. The van der Waals surface area contributed by atoms with Gasteiger partial charge in [-0.15, -0.1) is 0 Å². The number of ether oxygens (including phenoxy) is 2. The molecule has 1 saturated heterocycles. The van der Waals surface area contributed by atoms with Crippen molar-refractivity contribution in [2.75, 3.05) is 13.7 Å². The van der Waals surface area contributed by atoms with Crippen LogP contribution < -0.4 is 10.1 Å². The standard InChI is InChI=1S/C12H15NO3/c1-7-4-9(5-8(2)11(7)15-3)10-6-16-12(14)13-10/h4-5,10H,6H2,1-3H3,(H,13,14). The Morgan fingerprint density at radius 3 is 2.44 bits per heavy atom. The van der Waals surface area contributed by atoms with Crippen LogP contribution in [0.1, 0.15) is 22.7 Å². The van der Waals surface area contributed by atoms with Crippen molar-refractivity contribution in [3.05, 3.63) is 28.8 Å². The number of benzene rings is 1. The third-order valence-corrected chi connectivity index (χ3v) is 2.76. The first kappa shape index (κ1) is 10.8. The first-order valence-corrected chi connectivity index (χ1v) is 5.20. The van der Waals surface area contributed by atoms with Crippen LogP contribution in [0, 0.1) is 13.8 Å². The van der Waals surface area contributed by atoms with Crippen LogP contribution in [0.2, 0.25) is 0 Å². The smallest absolute Gasteiger partial charge is 0.407 e. The fourth-order valence-electron chi connectivity index (χ4n) is 2.07. The lowest BCUT2D eigenvalue weighted by Gasteiger charge is -2.14. The lowest BCUT2D eigenvalue weighted by atomic mass is 10.0. The second-order valence-corrected chi connectivity index (χ2v) is 3.98. The van der Waals surface area contributed by atoms with Crippen molar-refractivity contribution in [3.8, 4) is 5.75 Å². The van der Waals surface area contributed by atoms with Gasteiger partial charge in [0, 0.05) is 0 Å². The van der Waals surface area contributed by atoms with Gasteiger partial charge in [-0.3, -0.25) is 0 Å². The summed E-state index contributed by atoms with van der Waals surface area (Å²) >= 11 is 0. The molecular weight excluding hydrogens is 206 g/mol. The summed E-state index contributed by atoms with van der Waals surface area (Å²) in [6, 6.07) is 3.99. The van der Waals surface area contributed by atoms with Gasteiger partial charge >= 0.3 is 6.09 Å². The largest absolute Gasteiger partial charge is 0.496 e. The number of nitrogens with one attached hydrogen (secondary N) is 1. The van der Waals surface area contributed by atoms with Gasteiger partial charge in [-0.05, 0) is 30.5 Å². The zero-order valence-corrected chi connectivity index (χ0v) is 9.66. The lowest BCUT2D eigenvalue weighted by molar-refractivity contribution is 0.177. The van der Waals surface area contributed by atoms with Crippen molar-refractivity contribution in [1.82, 2.24) is 5.32 Å². The number of amides is 1. The molecule has 0 bridgehead atoms. The molecule has 86 valence electrons. The summed E-state index contributed by atoms with van der Waals surface area (Å²) in [5, 5.41) is 2.76. The van der Waals surface area contributed by atoms with Crippen LogP contribution in [0.4, 0.5) is 4.79 Å². The minimum atomic E-state index is -0.351. The monoisotopic (exact) mass is 221 g/mol. The van der Waals surface area contributed by atoms with E-state index in [4.69, 9.17) is 9.47 Å². The molecule has 1 aliphatic heterocycles. The van der Waals surface area contributed by atoms with Crippen LogP contribution in [0.3, 0.4) is 0 Å². The number of aryl methyl sites for hydroxylation is 2. The summed E-state index contributed by atoms with van der Waals surface area (Å²) in [7, 11) is 1.66. The number of carbonyl (C=O) groups excluding carboxylic acids is 1. The van der Waals surface area contributed by atoms with Gasteiger partial charge in [-0.2, -0.15) is 0 Å². The summed E-state index contributed by atoms with van der Waals surface area (Å²) in [6.45, 7) is 4.38. The molecule has 4 nitrogen and oxygen atoms in total. The van der Waals surface area contributed by atoms with E-state index in [-0.39, 0.29) is 12.1 Å². The number of methoxy groups -OCH3 is 1.